The van der Waals surface area contributed by atoms with Gasteiger partial charge in [0.1, 0.15) is 11.3 Å². The Morgan fingerprint density at radius 3 is 2.56 bits per heavy atom. The van der Waals surface area contributed by atoms with E-state index in [4.69, 9.17) is 4.42 Å². The molecule has 1 aromatic heterocycles. The Labute approximate surface area is 145 Å². The number of oxazole rings is 1. The molecule has 1 atom stereocenters. The number of aliphatic hydroxyl groups excluding tert-OH is 1. The molecule has 0 radical (unpaired) electrons. The Hall–Kier alpha value is -2.24. The minimum Gasteiger partial charge on any atom is -0.440 e. The molecule has 0 spiro atoms. The van der Waals surface area contributed by atoms with Crippen LogP contribution in [0.4, 0.5) is 4.39 Å². The zero-order valence-corrected chi connectivity index (χ0v) is 13.9. The first kappa shape index (κ1) is 16.2. The highest BCUT2D eigenvalue weighted by Gasteiger charge is 2.26. The lowest BCUT2D eigenvalue weighted by atomic mass is 9.96. The number of halogens is 1. The summed E-state index contributed by atoms with van der Waals surface area (Å²) in [5, 5.41) is 10.3. The highest BCUT2D eigenvalue weighted by Crippen LogP contribution is 2.30. The van der Waals surface area contributed by atoms with Gasteiger partial charge < -0.3 is 14.4 Å². The van der Waals surface area contributed by atoms with Gasteiger partial charge in [0.2, 0.25) is 0 Å². The van der Waals surface area contributed by atoms with Gasteiger partial charge in [-0.25, -0.2) is 9.37 Å². The summed E-state index contributed by atoms with van der Waals surface area (Å²) in [6.07, 6.45) is 1.33. The molecule has 1 saturated heterocycles. The van der Waals surface area contributed by atoms with Crippen LogP contribution in [0.3, 0.4) is 0 Å². The van der Waals surface area contributed by atoms with E-state index < -0.39 is 6.10 Å². The molecule has 0 aliphatic carbocycles. The van der Waals surface area contributed by atoms with Crippen molar-refractivity contribution >= 4 is 11.1 Å². The predicted octanol–water partition coefficient (Wildman–Crippen LogP) is 3.88. The maximum absolute atomic E-state index is 13.0. The lowest BCUT2D eigenvalue weighted by Gasteiger charge is -2.32. The van der Waals surface area contributed by atoms with Gasteiger partial charge in [0.15, 0.2) is 11.5 Å². The third-order valence-electron chi connectivity index (χ3n) is 4.93. The van der Waals surface area contributed by atoms with Gasteiger partial charge in [-0.15, -0.1) is 0 Å². The van der Waals surface area contributed by atoms with E-state index in [0.717, 1.165) is 48.5 Å². The van der Waals surface area contributed by atoms with Crippen LogP contribution in [0.2, 0.25) is 0 Å². The molecule has 1 aliphatic rings. The summed E-state index contributed by atoms with van der Waals surface area (Å²) in [7, 11) is 0. The van der Waals surface area contributed by atoms with E-state index in [1.165, 1.54) is 12.1 Å². The highest BCUT2D eigenvalue weighted by atomic mass is 19.1. The average Bonchev–Trinajstić information content (AvgIpc) is 3.07. The van der Waals surface area contributed by atoms with E-state index in [-0.39, 0.29) is 5.82 Å². The van der Waals surface area contributed by atoms with Crippen LogP contribution in [-0.4, -0.2) is 34.6 Å². The number of rotatable bonds is 4. The van der Waals surface area contributed by atoms with Crippen LogP contribution in [0, 0.1) is 5.82 Å². The first-order valence-electron chi connectivity index (χ1n) is 8.70. The van der Waals surface area contributed by atoms with E-state index >= 15 is 0 Å². The van der Waals surface area contributed by atoms with Crippen molar-refractivity contribution in [3.05, 3.63) is 65.8 Å². The molecular formula is C20H21FN2O2. The van der Waals surface area contributed by atoms with Gasteiger partial charge in [0.05, 0.1) is 6.10 Å². The molecule has 130 valence electrons. The second-order valence-corrected chi connectivity index (χ2v) is 6.66. The quantitative estimate of drug-likeness (QED) is 0.783. The van der Waals surface area contributed by atoms with Gasteiger partial charge in [0.25, 0.3) is 0 Å². The molecule has 0 saturated carbocycles. The van der Waals surface area contributed by atoms with Crippen LogP contribution in [0.5, 0.6) is 0 Å². The SMILES string of the molecule is O[C@@H](CN1CCC(c2nc3ccccc3o2)CC1)c1ccc(F)cc1. The maximum atomic E-state index is 13.0. The fourth-order valence-corrected chi connectivity index (χ4v) is 3.46. The summed E-state index contributed by atoms with van der Waals surface area (Å²) in [4.78, 5) is 6.85. The van der Waals surface area contributed by atoms with E-state index in [1.807, 2.05) is 24.3 Å². The third kappa shape index (κ3) is 3.57. The number of likely N-dealkylation sites (tertiary alicyclic amines) is 1. The van der Waals surface area contributed by atoms with Crippen LogP contribution in [-0.2, 0) is 0 Å². The molecule has 3 aromatic rings. The van der Waals surface area contributed by atoms with Gasteiger partial charge in [-0.05, 0) is 55.8 Å². The van der Waals surface area contributed by atoms with Gasteiger partial charge in [-0.3, -0.25) is 0 Å². The van der Waals surface area contributed by atoms with Crippen LogP contribution in [0.1, 0.15) is 36.3 Å². The molecule has 4 rings (SSSR count). The van der Waals surface area contributed by atoms with Crippen LogP contribution < -0.4 is 0 Å². The number of nitrogens with zero attached hydrogens (tertiary/aromatic N) is 2. The fraction of sp³-hybridized carbons (Fsp3) is 0.350. The van der Waals surface area contributed by atoms with Crippen molar-refractivity contribution in [1.82, 2.24) is 9.88 Å². The minimum atomic E-state index is -0.596. The van der Waals surface area contributed by atoms with Crippen molar-refractivity contribution in [2.24, 2.45) is 0 Å². The Bertz CT molecular complexity index is 805. The van der Waals surface area contributed by atoms with Gasteiger partial charge >= 0.3 is 0 Å². The number of piperidine rings is 1. The Morgan fingerprint density at radius 2 is 1.84 bits per heavy atom. The zero-order chi connectivity index (χ0) is 17.2. The molecule has 0 amide bonds. The molecule has 1 aliphatic heterocycles. The molecule has 0 unspecified atom stereocenters. The normalized spacial score (nSPS) is 17.8. The third-order valence-corrected chi connectivity index (χ3v) is 4.93. The Kier molecular flexibility index (Phi) is 4.51. The number of hydrogen-bond donors (Lipinski definition) is 1. The van der Waals surface area contributed by atoms with E-state index in [2.05, 4.69) is 9.88 Å². The number of hydrogen-bond acceptors (Lipinski definition) is 4. The first-order valence-corrected chi connectivity index (χ1v) is 8.70. The number of aromatic nitrogens is 1. The van der Waals surface area contributed by atoms with Crippen molar-refractivity contribution < 1.29 is 13.9 Å². The smallest absolute Gasteiger partial charge is 0.198 e. The molecule has 1 fully saturated rings. The van der Waals surface area contributed by atoms with Crippen molar-refractivity contribution in [3.63, 3.8) is 0 Å². The standard InChI is InChI=1S/C20H21FN2O2/c21-16-7-5-14(6-8-16)18(24)13-23-11-9-15(10-12-23)20-22-17-3-1-2-4-19(17)25-20/h1-8,15,18,24H,9-13H2/t18-/m0/s1. The van der Waals surface area contributed by atoms with Gasteiger partial charge in [-0.1, -0.05) is 24.3 Å². The molecule has 2 heterocycles. The summed E-state index contributed by atoms with van der Waals surface area (Å²) in [6, 6.07) is 13.9. The van der Waals surface area contributed by atoms with Gasteiger partial charge in [0, 0.05) is 12.5 Å². The van der Waals surface area contributed by atoms with Crippen molar-refractivity contribution in [2.75, 3.05) is 19.6 Å². The van der Waals surface area contributed by atoms with E-state index in [0.29, 0.717) is 12.5 Å². The second-order valence-electron chi connectivity index (χ2n) is 6.66. The Balaban J connectivity index is 1.35. The summed E-state index contributed by atoms with van der Waals surface area (Å²) in [6.45, 7) is 2.34. The second kappa shape index (κ2) is 6.94. The molecule has 2 aromatic carbocycles. The molecule has 5 heteroatoms. The fourth-order valence-electron chi connectivity index (χ4n) is 3.46. The molecule has 0 bridgehead atoms. The van der Waals surface area contributed by atoms with Crippen molar-refractivity contribution in [2.45, 2.75) is 24.9 Å². The highest BCUT2D eigenvalue weighted by molar-refractivity contribution is 5.72. The maximum Gasteiger partial charge on any atom is 0.198 e. The van der Waals surface area contributed by atoms with Crippen molar-refractivity contribution in [1.29, 1.82) is 0 Å². The first-order chi connectivity index (χ1) is 12.2. The number of benzene rings is 2. The summed E-state index contributed by atoms with van der Waals surface area (Å²) in [5.74, 6) is 0.863. The number of β-amino-alcohol motifs (C(OH)–C–C–N with tert-alkyl or cyclic N) is 1. The topological polar surface area (TPSA) is 49.5 Å². The molecule has 25 heavy (non-hydrogen) atoms. The van der Waals surface area contributed by atoms with Gasteiger partial charge in [-0.2, -0.15) is 0 Å². The zero-order valence-electron chi connectivity index (χ0n) is 13.9. The Morgan fingerprint density at radius 1 is 1.12 bits per heavy atom. The van der Waals surface area contributed by atoms with E-state index in [9.17, 15) is 9.50 Å². The lowest BCUT2D eigenvalue weighted by Crippen LogP contribution is -2.36. The average molecular weight is 340 g/mol. The predicted molar refractivity (Wildman–Crippen MR) is 93.8 cm³/mol. The summed E-state index contributed by atoms with van der Waals surface area (Å²) in [5.41, 5.74) is 2.50. The van der Waals surface area contributed by atoms with Crippen LogP contribution >= 0.6 is 0 Å². The number of para-hydroxylation sites is 2. The summed E-state index contributed by atoms with van der Waals surface area (Å²) < 4.78 is 18.9. The van der Waals surface area contributed by atoms with Crippen LogP contribution in [0.25, 0.3) is 11.1 Å². The number of fused-ring (bicyclic) bond motifs is 1. The van der Waals surface area contributed by atoms with Crippen LogP contribution in [0.15, 0.2) is 52.9 Å². The van der Waals surface area contributed by atoms with Crippen molar-refractivity contribution in [3.8, 4) is 0 Å². The molecule has 1 N–H and O–H groups in total. The largest absolute Gasteiger partial charge is 0.440 e. The summed E-state index contributed by atoms with van der Waals surface area (Å²) >= 11 is 0. The minimum absolute atomic E-state index is 0.282. The lowest BCUT2D eigenvalue weighted by molar-refractivity contribution is 0.0950. The van der Waals surface area contributed by atoms with E-state index in [1.54, 1.807) is 12.1 Å². The molecular weight excluding hydrogens is 319 g/mol. The monoisotopic (exact) mass is 340 g/mol. The molecule has 4 nitrogen and oxygen atoms in total. The number of aliphatic hydroxyl groups is 1.